The standard InChI is InChI=1S/C12H16ClN5O2/c1-5(2)9-6(19)3-7(20-9)18-4-15-8-10(14)16-12(13)17-11(8)18/h4-7,9,19H,3H2,1-2H3,(H2,14,16,17)/t6-,7-,9?/m1/s1. The Kier molecular flexibility index (Phi) is 3.27. The van der Waals surface area contributed by atoms with Gasteiger partial charge in [-0.2, -0.15) is 9.97 Å². The highest BCUT2D eigenvalue weighted by Gasteiger charge is 2.37. The van der Waals surface area contributed by atoms with E-state index >= 15 is 0 Å². The highest BCUT2D eigenvalue weighted by Crippen LogP contribution is 2.34. The molecule has 1 aliphatic rings. The summed E-state index contributed by atoms with van der Waals surface area (Å²) in [4.78, 5) is 12.2. The van der Waals surface area contributed by atoms with Gasteiger partial charge in [0, 0.05) is 6.42 Å². The molecule has 0 spiro atoms. The fourth-order valence-corrected chi connectivity index (χ4v) is 2.74. The van der Waals surface area contributed by atoms with E-state index in [0.717, 1.165) is 0 Å². The second kappa shape index (κ2) is 4.83. The zero-order chi connectivity index (χ0) is 14.4. The van der Waals surface area contributed by atoms with Crippen molar-refractivity contribution in [3.8, 4) is 0 Å². The fraction of sp³-hybridized carbons (Fsp3) is 0.583. The molecule has 7 nitrogen and oxygen atoms in total. The Balaban J connectivity index is 2.00. The second-order valence-corrected chi connectivity index (χ2v) is 5.64. The maximum atomic E-state index is 10.1. The number of rotatable bonds is 2. The Hall–Kier alpha value is -1.44. The van der Waals surface area contributed by atoms with E-state index in [1.807, 2.05) is 13.8 Å². The molecule has 1 aliphatic heterocycles. The molecule has 2 aromatic heterocycles. The highest BCUT2D eigenvalue weighted by atomic mass is 35.5. The summed E-state index contributed by atoms with van der Waals surface area (Å²) in [5, 5.41) is 10.1. The van der Waals surface area contributed by atoms with Crippen molar-refractivity contribution in [2.45, 2.75) is 38.7 Å². The summed E-state index contributed by atoms with van der Waals surface area (Å²) in [5.74, 6) is 0.464. The fourth-order valence-electron chi connectivity index (χ4n) is 2.57. The van der Waals surface area contributed by atoms with E-state index < -0.39 is 6.10 Å². The first-order valence-electron chi connectivity index (χ1n) is 6.46. The van der Waals surface area contributed by atoms with Crippen molar-refractivity contribution in [2.24, 2.45) is 5.92 Å². The molecule has 8 heteroatoms. The number of aliphatic hydroxyl groups is 1. The number of nitrogens with zero attached hydrogens (tertiary/aromatic N) is 4. The Morgan fingerprint density at radius 1 is 1.50 bits per heavy atom. The molecule has 3 heterocycles. The zero-order valence-corrected chi connectivity index (χ0v) is 11.9. The van der Waals surface area contributed by atoms with Gasteiger partial charge in [0.05, 0.1) is 18.5 Å². The van der Waals surface area contributed by atoms with Gasteiger partial charge in [0.15, 0.2) is 11.5 Å². The predicted molar refractivity (Wildman–Crippen MR) is 74.1 cm³/mol. The third-order valence-corrected chi connectivity index (χ3v) is 3.69. The molecule has 0 aromatic carbocycles. The van der Waals surface area contributed by atoms with Crippen molar-refractivity contribution < 1.29 is 9.84 Å². The van der Waals surface area contributed by atoms with Crippen LogP contribution in [0.25, 0.3) is 11.2 Å². The van der Waals surface area contributed by atoms with Gasteiger partial charge in [0.25, 0.3) is 0 Å². The van der Waals surface area contributed by atoms with Gasteiger partial charge in [-0.1, -0.05) is 13.8 Å². The Morgan fingerprint density at radius 2 is 2.25 bits per heavy atom. The van der Waals surface area contributed by atoms with Crippen molar-refractivity contribution in [1.29, 1.82) is 0 Å². The van der Waals surface area contributed by atoms with Gasteiger partial charge in [-0.05, 0) is 17.5 Å². The topological polar surface area (TPSA) is 99.1 Å². The molecule has 3 N–H and O–H groups in total. The van der Waals surface area contributed by atoms with Gasteiger partial charge in [-0.25, -0.2) is 4.98 Å². The smallest absolute Gasteiger partial charge is 0.226 e. The number of fused-ring (bicyclic) bond motifs is 1. The van der Waals surface area contributed by atoms with Gasteiger partial charge >= 0.3 is 0 Å². The van der Waals surface area contributed by atoms with Crippen LogP contribution in [0.4, 0.5) is 5.82 Å². The molecular weight excluding hydrogens is 282 g/mol. The number of ether oxygens (including phenoxy) is 1. The van der Waals surface area contributed by atoms with Crippen molar-refractivity contribution in [2.75, 3.05) is 5.73 Å². The molecule has 1 unspecified atom stereocenters. The van der Waals surface area contributed by atoms with Crippen LogP contribution in [0, 0.1) is 5.92 Å². The van der Waals surface area contributed by atoms with Gasteiger partial charge in [-0.3, -0.25) is 4.57 Å². The van der Waals surface area contributed by atoms with Crippen LogP contribution in [-0.4, -0.2) is 36.8 Å². The Labute approximate surface area is 120 Å². The van der Waals surface area contributed by atoms with E-state index in [9.17, 15) is 5.11 Å². The zero-order valence-electron chi connectivity index (χ0n) is 11.2. The van der Waals surface area contributed by atoms with E-state index in [2.05, 4.69) is 15.0 Å². The molecule has 1 saturated heterocycles. The number of imidazole rings is 1. The monoisotopic (exact) mass is 297 g/mol. The van der Waals surface area contributed by atoms with Crippen LogP contribution >= 0.6 is 11.6 Å². The maximum absolute atomic E-state index is 10.1. The summed E-state index contributed by atoms with van der Waals surface area (Å²) >= 11 is 5.83. The summed E-state index contributed by atoms with van der Waals surface area (Å²) in [5.41, 5.74) is 6.77. The van der Waals surface area contributed by atoms with E-state index in [1.54, 1.807) is 10.9 Å². The molecule has 0 bridgehead atoms. The average Bonchev–Trinajstić information content (AvgIpc) is 2.92. The van der Waals surface area contributed by atoms with Crippen LogP contribution in [0.15, 0.2) is 6.33 Å². The number of hydrogen-bond donors (Lipinski definition) is 2. The lowest BCUT2D eigenvalue weighted by Gasteiger charge is -2.18. The van der Waals surface area contributed by atoms with Crippen LogP contribution in [-0.2, 0) is 4.74 Å². The summed E-state index contributed by atoms with van der Waals surface area (Å²) < 4.78 is 7.64. The number of nitrogen functional groups attached to an aromatic ring is 1. The van der Waals surface area contributed by atoms with Crippen LogP contribution < -0.4 is 5.73 Å². The van der Waals surface area contributed by atoms with E-state index in [4.69, 9.17) is 22.1 Å². The molecule has 2 aromatic rings. The first kappa shape index (κ1) is 13.5. The van der Waals surface area contributed by atoms with Crippen molar-refractivity contribution >= 4 is 28.6 Å². The predicted octanol–water partition coefficient (Wildman–Crippen LogP) is 1.37. The van der Waals surface area contributed by atoms with Crippen LogP contribution in [0.3, 0.4) is 0 Å². The van der Waals surface area contributed by atoms with Crippen molar-refractivity contribution in [3.63, 3.8) is 0 Å². The minimum absolute atomic E-state index is 0.0655. The van der Waals surface area contributed by atoms with Crippen molar-refractivity contribution in [3.05, 3.63) is 11.6 Å². The number of aromatic nitrogens is 4. The minimum Gasteiger partial charge on any atom is -0.390 e. The summed E-state index contributed by atoms with van der Waals surface area (Å²) in [6.07, 6.45) is 1.04. The van der Waals surface area contributed by atoms with E-state index in [-0.39, 0.29) is 29.4 Å². The third kappa shape index (κ3) is 2.11. The second-order valence-electron chi connectivity index (χ2n) is 5.30. The number of aliphatic hydroxyl groups excluding tert-OH is 1. The molecule has 108 valence electrons. The number of nitrogens with two attached hydrogens (primary N) is 1. The third-order valence-electron chi connectivity index (χ3n) is 3.52. The van der Waals surface area contributed by atoms with Crippen LogP contribution in [0.1, 0.15) is 26.5 Å². The summed E-state index contributed by atoms with van der Waals surface area (Å²) in [6.45, 7) is 4.03. The molecule has 0 saturated carbocycles. The first-order chi connectivity index (χ1) is 9.47. The average molecular weight is 298 g/mol. The SMILES string of the molecule is CC(C)C1O[C@@H](n2cnc3c(N)nc(Cl)nc32)C[C@H]1O. The molecule has 3 atom stereocenters. The highest BCUT2D eigenvalue weighted by molar-refractivity contribution is 6.28. The molecule has 0 amide bonds. The number of hydrogen-bond acceptors (Lipinski definition) is 6. The maximum Gasteiger partial charge on any atom is 0.226 e. The van der Waals surface area contributed by atoms with Crippen LogP contribution in [0.2, 0.25) is 5.28 Å². The van der Waals surface area contributed by atoms with E-state index in [1.165, 1.54) is 0 Å². The van der Waals surface area contributed by atoms with Gasteiger partial charge < -0.3 is 15.6 Å². The molecule has 0 aliphatic carbocycles. The molecular formula is C12H16ClN5O2. The summed E-state index contributed by atoms with van der Waals surface area (Å²) in [7, 11) is 0. The number of anilines is 1. The quantitative estimate of drug-likeness (QED) is 0.812. The lowest BCUT2D eigenvalue weighted by Crippen LogP contribution is -2.26. The number of halogens is 1. The van der Waals surface area contributed by atoms with Gasteiger partial charge in [0.1, 0.15) is 11.7 Å². The molecule has 20 heavy (non-hydrogen) atoms. The Bertz CT molecular complexity index is 644. The van der Waals surface area contributed by atoms with Crippen molar-refractivity contribution in [1.82, 2.24) is 19.5 Å². The largest absolute Gasteiger partial charge is 0.390 e. The van der Waals surface area contributed by atoms with Crippen LogP contribution in [0.5, 0.6) is 0 Å². The molecule has 0 radical (unpaired) electrons. The lowest BCUT2D eigenvalue weighted by atomic mass is 10.0. The minimum atomic E-state index is -0.507. The molecule has 1 fully saturated rings. The normalized spacial score (nSPS) is 26.8. The summed E-state index contributed by atoms with van der Waals surface area (Å²) in [6, 6.07) is 0. The molecule has 3 rings (SSSR count). The Morgan fingerprint density at radius 3 is 2.90 bits per heavy atom. The first-order valence-corrected chi connectivity index (χ1v) is 6.84. The van der Waals surface area contributed by atoms with E-state index in [0.29, 0.717) is 17.6 Å². The van der Waals surface area contributed by atoms with Gasteiger partial charge in [-0.15, -0.1) is 0 Å². The lowest BCUT2D eigenvalue weighted by molar-refractivity contribution is -0.0401. The van der Waals surface area contributed by atoms with Gasteiger partial charge in [0.2, 0.25) is 5.28 Å².